The molecular weight excluding hydrogens is 673 g/mol. The van der Waals surface area contributed by atoms with Crippen molar-refractivity contribution >= 4 is 24.7 Å². The molecule has 0 radical (unpaired) electrons. The van der Waals surface area contributed by atoms with Crippen molar-refractivity contribution in [3.8, 4) is 0 Å². The summed E-state index contributed by atoms with van der Waals surface area (Å²) in [5, 5.41) is 24.3. The van der Waals surface area contributed by atoms with Gasteiger partial charge in [-0.05, 0) is 67.3 Å². The third-order valence-corrected chi connectivity index (χ3v) is 17.1. The van der Waals surface area contributed by atoms with E-state index in [0.29, 0.717) is 19.4 Å². The molecule has 5 rings (SSSR count). The Hall–Kier alpha value is -2.37. The van der Waals surface area contributed by atoms with Crippen LogP contribution in [0.25, 0.3) is 0 Å². The van der Waals surface area contributed by atoms with Gasteiger partial charge in [-0.1, -0.05) is 121 Å². The zero-order chi connectivity index (χ0) is 38.0. The number of aliphatic hydroxyl groups excluding tert-OH is 2. The third kappa shape index (κ3) is 7.36. The Morgan fingerprint density at radius 1 is 0.981 bits per heavy atom. The Bertz CT molecular complexity index is 1460. The fourth-order valence-corrected chi connectivity index (χ4v) is 14.4. The quantitative estimate of drug-likeness (QED) is 0.0816. The molecule has 3 aliphatic rings. The number of esters is 1. The zero-order valence-electron chi connectivity index (χ0n) is 33.0. The summed E-state index contributed by atoms with van der Waals surface area (Å²) in [7, 11) is -0.980. The van der Waals surface area contributed by atoms with Gasteiger partial charge in [-0.25, -0.2) is 0 Å². The zero-order valence-corrected chi connectivity index (χ0v) is 34.0. The van der Waals surface area contributed by atoms with Gasteiger partial charge in [0.1, 0.15) is 11.7 Å². The van der Waals surface area contributed by atoms with Crippen LogP contribution in [0, 0.1) is 23.2 Å². The lowest BCUT2D eigenvalue weighted by Gasteiger charge is -2.64. The number of carbonyl (C=O) groups excluding carboxylic acids is 1. The molecule has 2 N–H and O–H groups in total. The molecule has 2 aliphatic heterocycles. The Labute approximate surface area is 313 Å². The number of aliphatic hydroxyl groups is 2. The van der Waals surface area contributed by atoms with Gasteiger partial charge in [-0.2, -0.15) is 0 Å². The van der Waals surface area contributed by atoms with E-state index in [1.165, 1.54) is 10.4 Å². The van der Waals surface area contributed by atoms with E-state index in [4.69, 9.17) is 23.4 Å². The summed E-state index contributed by atoms with van der Waals surface area (Å²) in [4.78, 5) is 13.8. The standard InChI is InChI=1S/C43H64O8Si/c1-31(29-44)27-42(30-48-41(7,8)51-42)43-34(28-40(43,5)6)36(38(46)50-43)37(45)35(47-9)25-19-11-10-12-20-26-49-52(39(2,3)4,32-21-15-13-16-22-32)33-23-17-14-18-24-33/h13-19,21-25,31,34-37,44-45H,10-12,20,26-30H2,1-9H3/b25-19+/t31-,34-,35-,36+,37+,42+,43+/m0/s1. The molecule has 0 aromatic heterocycles. The number of rotatable bonds is 17. The van der Waals surface area contributed by atoms with Gasteiger partial charge in [0.05, 0.1) is 18.6 Å². The normalized spacial score (nSPS) is 28.6. The molecule has 2 heterocycles. The van der Waals surface area contributed by atoms with E-state index >= 15 is 0 Å². The van der Waals surface area contributed by atoms with E-state index in [1.807, 2.05) is 26.8 Å². The van der Waals surface area contributed by atoms with Crippen LogP contribution in [-0.4, -0.2) is 80.6 Å². The van der Waals surface area contributed by atoms with E-state index < -0.39 is 54.8 Å². The second-order valence-corrected chi connectivity index (χ2v) is 21.9. The number of methoxy groups -OCH3 is 1. The fourth-order valence-electron chi connectivity index (χ4n) is 9.80. The maximum Gasteiger partial charge on any atom is 0.312 e. The highest BCUT2D eigenvalue weighted by Crippen LogP contribution is 2.70. The number of hydrogen-bond acceptors (Lipinski definition) is 8. The van der Waals surface area contributed by atoms with Crippen molar-refractivity contribution in [2.45, 2.75) is 128 Å². The van der Waals surface area contributed by atoms with Gasteiger partial charge in [-0.3, -0.25) is 4.79 Å². The smallest absolute Gasteiger partial charge is 0.312 e. The van der Waals surface area contributed by atoms with Crippen LogP contribution >= 0.6 is 0 Å². The maximum atomic E-state index is 13.8. The van der Waals surface area contributed by atoms with Gasteiger partial charge in [0.2, 0.25) is 0 Å². The summed E-state index contributed by atoms with van der Waals surface area (Å²) in [6.07, 6.45) is 7.10. The van der Waals surface area contributed by atoms with E-state index in [-0.39, 0.29) is 30.1 Å². The van der Waals surface area contributed by atoms with Gasteiger partial charge >= 0.3 is 5.97 Å². The first-order valence-electron chi connectivity index (χ1n) is 19.3. The number of hydrogen-bond donors (Lipinski definition) is 2. The average molecular weight is 737 g/mol. The lowest BCUT2D eigenvalue weighted by atomic mass is 9.44. The second kappa shape index (κ2) is 15.8. The van der Waals surface area contributed by atoms with E-state index in [9.17, 15) is 15.0 Å². The molecule has 2 saturated heterocycles. The van der Waals surface area contributed by atoms with Crippen LogP contribution in [0.3, 0.4) is 0 Å². The number of ether oxygens (including phenoxy) is 4. The lowest BCUT2D eigenvalue weighted by Crippen LogP contribution is -2.75. The summed E-state index contributed by atoms with van der Waals surface area (Å²) < 4.78 is 32.1. The van der Waals surface area contributed by atoms with Gasteiger partial charge in [0.25, 0.3) is 8.32 Å². The first-order valence-corrected chi connectivity index (χ1v) is 21.2. The SMILES string of the molecule is CO[C@@H](/C=C/CCCCCO[Si](c1ccccc1)(c1ccccc1)C(C)(C)C)[C@@H](O)[C@@H]1C(=O)O[C@]2([C@@]3(C[C@H](C)CO)COC(C)(C)O3)[C@H]1CC2(C)C. The molecule has 2 aromatic rings. The van der Waals surface area contributed by atoms with Crippen LogP contribution in [0.1, 0.15) is 93.9 Å². The largest absolute Gasteiger partial charge is 0.455 e. The summed E-state index contributed by atoms with van der Waals surface area (Å²) in [5.41, 5.74) is -2.37. The Balaban J connectivity index is 1.21. The lowest BCUT2D eigenvalue weighted by molar-refractivity contribution is -0.302. The number of benzene rings is 2. The minimum atomic E-state index is -2.55. The first kappa shape index (κ1) is 40.8. The van der Waals surface area contributed by atoms with Crippen molar-refractivity contribution < 1.29 is 38.4 Å². The van der Waals surface area contributed by atoms with Crippen molar-refractivity contribution in [1.82, 2.24) is 0 Å². The molecule has 7 atom stereocenters. The molecule has 2 aromatic carbocycles. The summed E-state index contributed by atoms with van der Waals surface area (Å²) in [6, 6.07) is 21.5. The highest BCUT2D eigenvalue weighted by atomic mass is 28.4. The molecule has 0 amide bonds. The summed E-state index contributed by atoms with van der Waals surface area (Å²) in [5.74, 6) is -2.44. The maximum absolute atomic E-state index is 13.8. The van der Waals surface area contributed by atoms with E-state index in [2.05, 4.69) is 101 Å². The molecule has 1 aliphatic carbocycles. The molecule has 9 heteroatoms. The molecule has 1 saturated carbocycles. The van der Waals surface area contributed by atoms with Crippen LogP contribution in [0.5, 0.6) is 0 Å². The Morgan fingerprint density at radius 2 is 1.60 bits per heavy atom. The van der Waals surface area contributed by atoms with Crippen molar-refractivity contribution in [3.05, 3.63) is 72.8 Å². The highest BCUT2D eigenvalue weighted by molar-refractivity contribution is 6.99. The predicted octanol–water partition coefficient (Wildman–Crippen LogP) is 6.55. The number of carbonyl (C=O) groups is 1. The monoisotopic (exact) mass is 736 g/mol. The van der Waals surface area contributed by atoms with Crippen LogP contribution in [0.15, 0.2) is 72.8 Å². The first-order chi connectivity index (χ1) is 24.5. The van der Waals surface area contributed by atoms with Crippen molar-refractivity contribution in [2.24, 2.45) is 23.2 Å². The van der Waals surface area contributed by atoms with Crippen LogP contribution in [0.2, 0.25) is 5.04 Å². The highest BCUT2D eigenvalue weighted by Gasteiger charge is 2.81. The molecular formula is C43H64O8Si. The number of unbranched alkanes of at least 4 members (excludes halogenated alkanes) is 3. The molecule has 288 valence electrons. The van der Waals surface area contributed by atoms with Gasteiger partial charge < -0.3 is 33.6 Å². The molecule has 3 fully saturated rings. The van der Waals surface area contributed by atoms with Crippen LogP contribution in [0.4, 0.5) is 0 Å². The fraction of sp³-hybridized carbons (Fsp3) is 0.651. The van der Waals surface area contributed by atoms with Crippen molar-refractivity contribution in [2.75, 3.05) is 26.9 Å². The molecule has 0 unspecified atom stereocenters. The van der Waals surface area contributed by atoms with Crippen LogP contribution in [-0.2, 0) is 28.2 Å². The van der Waals surface area contributed by atoms with Crippen LogP contribution < -0.4 is 10.4 Å². The van der Waals surface area contributed by atoms with Gasteiger partial charge in [0.15, 0.2) is 11.4 Å². The van der Waals surface area contributed by atoms with Gasteiger partial charge in [-0.15, -0.1) is 0 Å². The van der Waals surface area contributed by atoms with Gasteiger partial charge in [0, 0.05) is 31.7 Å². The molecule has 0 bridgehead atoms. The molecule has 8 nitrogen and oxygen atoms in total. The minimum absolute atomic E-state index is 0.0168. The van der Waals surface area contributed by atoms with Crippen molar-refractivity contribution in [3.63, 3.8) is 0 Å². The Morgan fingerprint density at radius 3 is 2.10 bits per heavy atom. The number of fused-ring (bicyclic) bond motifs is 1. The predicted molar refractivity (Wildman–Crippen MR) is 207 cm³/mol. The summed E-state index contributed by atoms with van der Waals surface area (Å²) >= 11 is 0. The average Bonchev–Trinajstić information content (AvgIpc) is 3.56. The van der Waals surface area contributed by atoms with E-state index in [0.717, 1.165) is 25.7 Å². The molecule has 52 heavy (non-hydrogen) atoms. The second-order valence-electron chi connectivity index (χ2n) is 17.6. The summed E-state index contributed by atoms with van der Waals surface area (Å²) in [6.45, 7) is 17.7. The van der Waals surface area contributed by atoms with E-state index in [1.54, 1.807) is 7.11 Å². The molecule has 0 spiro atoms. The third-order valence-electron chi connectivity index (χ3n) is 12.0. The number of allylic oxidation sites excluding steroid dienone is 1. The topological polar surface area (TPSA) is 104 Å². The minimum Gasteiger partial charge on any atom is -0.455 e. The van der Waals surface area contributed by atoms with Crippen molar-refractivity contribution in [1.29, 1.82) is 0 Å². The Kier molecular flexibility index (Phi) is 12.4.